The minimum atomic E-state index is -4.40. The topological polar surface area (TPSA) is 82.8 Å². The number of aromatic nitrogens is 1. The van der Waals surface area contributed by atoms with E-state index in [1.165, 1.54) is 17.2 Å². The number of piperazine rings is 1. The van der Waals surface area contributed by atoms with Gasteiger partial charge in [-0.25, -0.2) is 9.18 Å². The third kappa shape index (κ3) is 4.42. The number of amides is 1. The third-order valence-electron chi connectivity index (χ3n) is 5.87. The van der Waals surface area contributed by atoms with Crippen LogP contribution in [0.4, 0.5) is 23.2 Å². The van der Waals surface area contributed by atoms with Gasteiger partial charge in [0, 0.05) is 50.2 Å². The summed E-state index contributed by atoms with van der Waals surface area (Å²) in [6, 6.07) is 2.59. The number of nitrogens with zero attached hydrogens (tertiary/aromatic N) is 3. The maximum absolute atomic E-state index is 14.9. The SMILES string of the molecule is O=C(O)c1cn(C2CC2)c2cc(N3CCN(C(=O)CCC(F)(F)F)CC3)c(F)cc2c1=O. The molecule has 32 heavy (non-hydrogen) atoms. The molecule has 1 amide bonds. The smallest absolute Gasteiger partial charge is 0.389 e. The summed E-state index contributed by atoms with van der Waals surface area (Å²) in [6.07, 6.45) is -3.26. The first-order valence-electron chi connectivity index (χ1n) is 10.3. The predicted octanol–water partition coefficient (Wildman–Crippen LogP) is 3.16. The molecule has 2 fully saturated rings. The summed E-state index contributed by atoms with van der Waals surface area (Å²) >= 11 is 0. The average molecular weight is 455 g/mol. The standard InChI is InChI=1S/C21H21F4N3O4/c22-15-9-13-16(28(12-1-2-12)11-14(19(13)30)20(31)32)10-17(15)26-5-7-27(8-6-26)18(29)3-4-21(23,24)25/h9-12H,1-8H2,(H,31,32). The molecule has 172 valence electrons. The van der Waals surface area contributed by atoms with Crippen LogP contribution in [0.2, 0.25) is 0 Å². The molecule has 0 radical (unpaired) electrons. The van der Waals surface area contributed by atoms with Crippen LogP contribution in [-0.4, -0.2) is 58.8 Å². The van der Waals surface area contributed by atoms with E-state index in [-0.39, 0.29) is 43.3 Å². The van der Waals surface area contributed by atoms with Gasteiger partial charge in [0.1, 0.15) is 11.4 Å². The van der Waals surface area contributed by atoms with Gasteiger partial charge in [0.25, 0.3) is 0 Å². The summed E-state index contributed by atoms with van der Waals surface area (Å²) in [5, 5.41) is 9.31. The second-order valence-electron chi connectivity index (χ2n) is 8.12. The number of alkyl halides is 3. The molecular weight excluding hydrogens is 434 g/mol. The molecule has 2 heterocycles. The highest BCUT2D eigenvalue weighted by Crippen LogP contribution is 2.38. The summed E-state index contributed by atoms with van der Waals surface area (Å²) in [6.45, 7) is 0.755. The molecule has 4 rings (SSSR count). The number of fused-ring (bicyclic) bond motifs is 1. The van der Waals surface area contributed by atoms with Gasteiger partial charge in [0.15, 0.2) is 0 Å². The Labute approximate surface area is 179 Å². The molecule has 1 aromatic heterocycles. The van der Waals surface area contributed by atoms with Gasteiger partial charge >= 0.3 is 12.1 Å². The van der Waals surface area contributed by atoms with Gasteiger partial charge in [-0.3, -0.25) is 9.59 Å². The minimum absolute atomic E-state index is 0.0148. The van der Waals surface area contributed by atoms with E-state index in [9.17, 15) is 37.1 Å². The lowest BCUT2D eigenvalue weighted by Crippen LogP contribution is -2.49. The molecule has 1 aliphatic heterocycles. The van der Waals surface area contributed by atoms with Crippen molar-refractivity contribution >= 4 is 28.5 Å². The lowest BCUT2D eigenvalue weighted by molar-refractivity contribution is -0.149. The van der Waals surface area contributed by atoms with Crippen LogP contribution in [0.15, 0.2) is 23.1 Å². The van der Waals surface area contributed by atoms with Gasteiger partial charge in [-0.05, 0) is 25.0 Å². The summed E-state index contributed by atoms with van der Waals surface area (Å²) < 4.78 is 53.7. The number of carboxylic acid groups (broad SMARTS) is 1. The molecule has 2 aromatic rings. The number of hydrogen-bond acceptors (Lipinski definition) is 4. The van der Waals surface area contributed by atoms with E-state index in [1.54, 1.807) is 9.47 Å². The molecular formula is C21H21F4N3O4. The Bertz CT molecular complexity index is 1130. The number of carboxylic acids is 1. The van der Waals surface area contributed by atoms with Gasteiger partial charge in [-0.2, -0.15) is 13.2 Å². The molecule has 1 saturated carbocycles. The van der Waals surface area contributed by atoms with Gasteiger partial charge in [0.2, 0.25) is 11.3 Å². The summed E-state index contributed by atoms with van der Waals surface area (Å²) in [5.74, 6) is -2.66. The van der Waals surface area contributed by atoms with Crippen LogP contribution in [0.1, 0.15) is 42.1 Å². The highest BCUT2D eigenvalue weighted by atomic mass is 19.4. The molecule has 1 saturated heterocycles. The number of carbonyl (C=O) groups is 2. The van der Waals surface area contributed by atoms with Crippen molar-refractivity contribution in [3.63, 3.8) is 0 Å². The normalized spacial score (nSPS) is 17.1. The summed E-state index contributed by atoms with van der Waals surface area (Å²) in [7, 11) is 0. The number of anilines is 1. The van der Waals surface area contributed by atoms with Crippen LogP contribution in [0.5, 0.6) is 0 Å². The van der Waals surface area contributed by atoms with Crippen molar-refractivity contribution in [1.29, 1.82) is 0 Å². The van der Waals surface area contributed by atoms with Crippen LogP contribution in [0, 0.1) is 5.82 Å². The van der Waals surface area contributed by atoms with Crippen molar-refractivity contribution in [3.8, 4) is 0 Å². The highest BCUT2D eigenvalue weighted by Gasteiger charge is 2.31. The molecule has 1 aliphatic carbocycles. The number of halogens is 4. The number of aromatic carboxylic acids is 1. The first-order valence-corrected chi connectivity index (χ1v) is 10.3. The number of carbonyl (C=O) groups excluding carboxylic acids is 1. The maximum Gasteiger partial charge on any atom is 0.389 e. The van der Waals surface area contributed by atoms with Crippen molar-refractivity contribution in [2.24, 2.45) is 0 Å². The lowest BCUT2D eigenvalue weighted by Gasteiger charge is -2.36. The second-order valence-corrected chi connectivity index (χ2v) is 8.12. The molecule has 0 bridgehead atoms. The van der Waals surface area contributed by atoms with Crippen LogP contribution in [0.25, 0.3) is 10.9 Å². The third-order valence-corrected chi connectivity index (χ3v) is 5.87. The van der Waals surface area contributed by atoms with Crippen LogP contribution >= 0.6 is 0 Å². The zero-order chi connectivity index (χ0) is 23.2. The first-order chi connectivity index (χ1) is 15.0. The van der Waals surface area contributed by atoms with Gasteiger partial charge in [0.05, 0.1) is 17.6 Å². The predicted molar refractivity (Wildman–Crippen MR) is 107 cm³/mol. The molecule has 2 aliphatic rings. The fourth-order valence-electron chi connectivity index (χ4n) is 4.01. The Hall–Kier alpha value is -3.11. The number of rotatable bonds is 5. The van der Waals surface area contributed by atoms with E-state index in [0.29, 0.717) is 5.52 Å². The van der Waals surface area contributed by atoms with E-state index in [2.05, 4.69) is 0 Å². The van der Waals surface area contributed by atoms with Crippen LogP contribution in [-0.2, 0) is 4.79 Å². The fourth-order valence-corrected chi connectivity index (χ4v) is 4.01. The summed E-state index contributed by atoms with van der Waals surface area (Å²) in [4.78, 5) is 39.0. The van der Waals surface area contributed by atoms with Crippen molar-refractivity contribution in [2.75, 3.05) is 31.1 Å². The Morgan fingerprint density at radius 2 is 1.75 bits per heavy atom. The molecule has 0 unspecified atom stereocenters. The van der Waals surface area contributed by atoms with Crippen molar-refractivity contribution in [1.82, 2.24) is 9.47 Å². The van der Waals surface area contributed by atoms with E-state index in [1.807, 2.05) is 0 Å². The Morgan fingerprint density at radius 3 is 2.31 bits per heavy atom. The van der Waals surface area contributed by atoms with E-state index in [4.69, 9.17) is 0 Å². The zero-order valence-corrected chi connectivity index (χ0v) is 17.0. The van der Waals surface area contributed by atoms with E-state index in [0.717, 1.165) is 18.9 Å². The first kappa shape index (κ1) is 22.1. The van der Waals surface area contributed by atoms with Gasteiger partial charge in [-0.1, -0.05) is 0 Å². The number of pyridine rings is 1. The molecule has 7 nitrogen and oxygen atoms in total. The quantitative estimate of drug-likeness (QED) is 0.701. The molecule has 1 aromatic carbocycles. The van der Waals surface area contributed by atoms with Crippen molar-refractivity contribution in [2.45, 2.75) is 37.9 Å². The Morgan fingerprint density at radius 1 is 1.09 bits per heavy atom. The Kier molecular flexibility index (Phi) is 5.59. The van der Waals surface area contributed by atoms with Crippen molar-refractivity contribution < 1.29 is 32.3 Å². The zero-order valence-electron chi connectivity index (χ0n) is 17.0. The summed E-state index contributed by atoms with van der Waals surface area (Å²) in [5.41, 5.74) is -0.531. The monoisotopic (exact) mass is 455 g/mol. The van der Waals surface area contributed by atoms with Gasteiger partial charge < -0.3 is 19.5 Å². The van der Waals surface area contributed by atoms with E-state index >= 15 is 0 Å². The largest absolute Gasteiger partial charge is 0.477 e. The fraction of sp³-hybridized carbons (Fsp3) is 0.476. The highest BCUT2D eigenvalue weighted by molar-refractivity contribution is 5.93. The lowest BCUT2D eigenvalue weighted by atomic mass is 10.1. The number of hydrogen-bond donors (Lipinski definition) is 1. The average Bonchev–Trinajstić information content (AvgIpc) is 3.57. The van der Waals surface area contributed by atoms with Crippen LogP contribution < -0.4 is 10.3 Å². The Balaban J connectivity index is 1.58. The second kappa shape index (κ2) is 8.10. The minimum Gasteiger partial charge on any atom is -0.477 e. The molecule has 1 N–H and O–H groups in total. The van der Waals surface area contributed by atoms with E-state index < -0.39 is 47.7 Å². The molecule has 0 spiro atoms. The number of benzene rings is 1. The van der Waals surface area contributed by atoms with Crippen molar-refractivity contribution in [3.05, 3.63) is 39.9 Å². The van der Waals surface area contributed by atoms with Crippen LogP contribution in [0.3, 0.4) is 0 Å². The molecule has 0 atom stereocenters. The van der Waals surface area contributed by atoms with Gasteiger partial charge in [-0.15, -0.1) is 0 Å². The molecule has 11 heteroatoms. The maximum atomic E-state index is 14.9.